The van der Waals surface area contributed by atoms with Crippen molar-refractivity contribution in [2.45, 2.75) is 18.9 Å². The Morgan fingerprint density at radius 2 is 2.00 bits per heavy atom. The number of carboxylic acids is 1. The second-order valence-corrected chi connectivity index (χ2v) is 3.78. The van der Waals surface area contributed by atoms with Crippen molar-refractivity contribution in [2.24, 2.45) is 5.73 Å². The summed E-state index contributed by atoms with van der Waals surface area (Å²) in [6.07, 6.45) is -3.10. The third-order valence-electron chi connectivity index (χ3n) is 2.46. The summed E-state index contributed by atoms with van der Waals surface area (Å²) in [5.74, 6) is -1.29. The van der Waals surface area contributed by atoms with Crippen molar-refractivity contribution in [1.29, 1.82) is 0 Å². The van der Waals surface area contributed by atoms with Crippen LogP contribution in [0.15, 0.2) is 18.2 Å². The maximum atomic E-state index is 12.8. The molecule has 1 atom stereocenters. The summed E-state index contributed by atoms with van der Waals surface area (Å²) < 4.78 is 25.5. The number of halogens is 2. The van der Waals surface area contributed by atoms with Gasteiger partial charge in [-0.3, -0.25) is 4.79 Å². The molecule has 8 heteroatoms. The average molecular weight is 259 g/mol. The number of carboxylic acid groups (broad SMARTS) is 1. The number of aliphatic carboxylic acids is 1. The number of hydrogen-bond donors (Lipinski definition) is 4. The second-order valence-electron chi connectivity index (χ2n) is 3.78. The van der Waals surface area contributed by atoms with Crippen molar-refractivity contribution in [1.82, 2.24) is 0 Å². The van der Waals surface area contributed by atoms with Crippen LogP contribution in [0.1, 0.15) is 17.6 Å². The summed E-state index contributed by atoms with van der Waals surface area (Å²) in [4.78, 5) is 10.6. The molecule has 5 nitrogen and oxygen atoms in total. The van der Waals surface area contributed by atoms with Crippen LogP contribution in [-0.4, -0.2) is 34.3 Å². The zero-order valence-electron chi connectivity index (χ0n) is 9.25. The van der Waals surface area contributed by atoms with E-state index in [2.05, 4.69) is 0 Å². The molecule has 0 spiro atoms. The molecule has 0 aliphatic rings. The molecule has 0 saturated carbocycles. The molecule has 98 valence electrons. The van der Waals surface area contributed by atoms with Crippen molar-refractivity contribution in [3.63, 3.8) is 0 Å². The van der Waals surface area contributed by atoms with E-state index in [4.69, 9.17) is 20.9 Å². The van der Waals surface area contributed by atoms with E-state index in [9.17, 15) is 13.6 Å². The fourth-order valence-corrected chi connectivity index (χ4v) is 1.49. The molecule has 0 bridgehead atoms. The van der Waals surface area contributed by atoms with Crippen LogP contribution < -0.4 is 11.2 Å². The Morgan fingerprint density at radius 1 is 1.39 bits per heavy atom. The molecule has 0 fully saturated rings. The minimum Gasteiger partial charge on any atom is -0.480 e. The van der Waals surface area contributed by atoms with Crippen LogP contribution in [0.25, 0.3) is 0 Å². The minimum absolute atomic E-state index is 0.0734. The highest BCUT2D eigenvalue weighted by Gasteiger charge is 2.21. The van der Waals surface area contributed by atoms with Crippen molar-refractivity contribution in [3.05, 3.63) is 29.3 Å². The normalized spacial score (nSPS) is 12.6. The fourth-order valence-electron chi connectivity index (χ4n) is 1.49. The van der Waals surface area contributed by atoms with E-state index >= 15 is 0 Å². The van der Waals surface area contributed by atoms with Crippen LogP contribution in [0.5, 0.6) is 0 Å². The fraction of sp³-hybridized carbons (Fsp3) is 0.300. The lowest BCUT2D eigenvalue weighted by molar-refractivity contribution is -0.138. The van der Waals surface area contributed by atoms with Gasteiger partial charge in [0.1, 0.15) is 6.04 Å². The number of rotatable bonds is 5. The molecule has 0 heterocycles. The van der Waals surface area contributed by atoms with Gasteiger partial charge in [-0.2, -0.15) is 0 Å². The third kappa shape index (κ3) is 3.49. The molecule has 0 aliphatic carbocycles. The number of hydrogen-bond acceptors (Lipinski definition) is 4. The molecule has 0 aromatic heterocycles. The van der Waals surface area contributed by atoms with E-state index in [1.165, 1.54) is 12.1 Å². The molecular formula is C10H12BF2NO4. The average Bonchev–Trinajstić information content (AvgIpc) is 2.28. The molecule has 0 unspecified atom stereocenters. The Hall–Kier alpha value is -1.51. The van der Waals surface area contributed by atoms with Crippen LogP contribution >= 0.6 is 0 Å². The predicted molar refractivity (Wildman–Crippen MR) is 60.5 cm³/mol. The Bertz CT molecular complexity index is 442. The molecule has 5 N–H and O–H groups in total. The zero-order valence-corrected chi connectivity index (χ0v) is 9.25. The van der Waals surface area contributed by atoms with Gasteiger partial charge in [0.2, 0.25) is 0 Å². The maximum Gasteiger partial charge on any atom is 0.488 e. The summed E-state index contributed by atoms with van der Waals surface area (Å²) in [5.41, 5.74) is 4.81. The largest absolute Gasteiger partial charge is 0.488 e. The molecular weight excluding hydrogens is 247 g/mol. The molecule has 0 amide bonds. The van der Waals surface area contributed by atoms with Crippen LogP contribution in [0.3, 0.4) is 0 Å². The Morgan fingerprint density at radius 3 is 2.44 bits per heavy atom. The molecule has 18 heavy (non-hydrogen) atoms. The number of nitrogens with two attached hydrogens (primary N) is 1. The lowest BCUT2D eigenvalue weighted by atomic mass is 9.78. The number of carbonyl (C=O) groups is 1. The minimum atomic E-state index is -2.85. The maximum absolute atomic E-state index is 12.8. The van der Waals surface area contributed by atoms with E-state index in [0.29, 0.717) is 0 Å². The monoisotopic (exact) mass is 259 g/mol. The van der Waals surface area contributed by atoms with Gasteiger partial charge in [0.25, 0.3) is 6.43 Å². The Kier molecular flexibility index (Phi) is 4.77. The van der Waals surface area contributed by atoms with Crippen LogP contribution in [0.4, 0.5) is 8.78 Å². The Labute approximate surface area is 102 Å². The first-order chi connectivity index (χ1) is 8.32. The van der Waals surface area contributed by atoms with Gasteiger partial charge in [-0.15, -0.1) is 0 Å². The van der Waals surface area contributed by atoms with Gasteiger partial charge in [-0.1, -0.05) is 18.2 Å². The Balaban J connectivity index is 3.08. The molecule has 0 radical (unpaired) electrons. The summed E-state index contributed by atoms with van der Waals surface area (Å²) in [6, 6.07) is 2.10. The van der Waals surface area contributed by atoms with Crippen molar-refractivity contribution in [3.8, 4) is 0 Å². The first-order valence-electron chi connectivity index (χ1n) is 5.08. The van der Waals surface area contributed by atoms with Gasteiger partial charge < -0.3 is 20.9 Å². The van der Waals surface area contributed by atoms with Gasteiger partial charge in [0.15, 0.2) is 0 Å². The highest BCUT2D eigenvalue weighted by molar-refractivity contribution is 6.58. The second kappa shape index (κ2) is 5.90. The topological polar surface area (TPSA) is 104 Å². The van der Waals surface area contributed by atoms with Crippen LogP contribution in [0, 0.1) is 0 Å². The first-order valence-corrected chi connectivity index (χ1v) is 5.08. The standard InChI is InChI=1S/C10H12BF2NO4/c12-9(13)7-4-6(11(17)18)2-1-5(7)3-8(14)10(15)16/h1-2,4,8-9,17-18H,3,14H2,(H,15,16)/t8-/m0/s1. The molecule has 0 saturated heterocycles. The van der Waals surface area contributed by atoms with Gasteiger partial charge in [0.05, 0.1) is 0 Å². The highest BCUT2D eigenvalue weighted by Crippen LogP contribution is 2.23. The van der Waals surface area contributed by atoms with E-state index in [1.807, 2.05) is 0 Å². The SMILES string of the molecule is N[C@@H](Cc1ccc(B(O)O)cc1C(F)F)C(=O)O. The van der Waals surface area contributed by atoms with Crippen LogP contribution in [-0.2, 0) is 11.2 Å². The smallest absolute Gasteiger partial charge is 0.480 e. The van der Waals surface area contributed by atoms with Crippen molar-refractivity contribution < 1.29 is 28.7 Å². The number of alkyl halides is 2. The lowest BCUT2D eigenvalue weighted by Gasteiger charge is -2.13. The zero-order chi connectivity index (χ0) is 13.9. The lowest BCUT2D eigenvalue weighted by Crippen LogP contribution is -2.34. The van der Waals surface area contributed by atoms with Gasteiger partial charge in [-0.25, -0.2) is 8.78 Å². The molecule has 1 aromatic carbocycles. The quantitative estimate of drug-likeness (QED) is 0.521. The first kappa shape index (κ1) is 14.6. The molecule has 1 rings (SSSR count). The summed E-state index contributed by atoms with van der Waals surface area (Å²) in [5, 5.41) is 26.4. The van der Waals surface area contributed by atoms with E-state index in [0.717, 1.165) is 6.07 Å². The van der Waals surface area contributed by atoms with E-state index in [-0.39, 0.29) is 17.4 Å². The van der Waals surface area contributed by atoms with Gasteiger partial charge in [-0.05, 0) is 17.4 Å². The summed E-state index contributed by atoms with van der Waals surface area (Å²) in [6.45, 7) is 0. The van der Waals surface area contributed by atoms with Gasteiger partial charge in [0, 0.05) is 5.56 Å². The highest BCUT2D eigenvalue weighted by atomic mass is 19.3. The molecule has 0 aliphatic heterocycles. The van der Waals surface area contributed by atoms with Crippen molar-refractivity contribution >= 4 is 18.6 Å². The molecule has 1 aromatic rings. The third-order valence-corrected chi connectivity index (χ3v) is 2.46. The van der Waals surface area contributed by atoms with Gasteiger partial charge >= 0.3 is 13.1 Å². The van der Waals surface area contributed by atoms with E-state index < -0.39 is 31.1 Å². The van der Waals surface area contributed by atoms with E-state index in [1.54, 1.807) is 0 Å². The van der Waals surface area contributed by atoms with Crippen LogP contribution in [0.2, 0.25) is 0 Å². The summed E-state index contributed by atoms with van der Waals surface area (Å²) >= 11 is 0. The summed E-state index contributed by atoms with van der Waals surface area (Å²) in [7, 11) is -1.86. The number of benzene rings is 1. The van der Waals surface area contributed by atoms with Crippen molar-refractivity contribution in [2.75, 3.05) is 0 Å². The predicted octanol–water partition coefficient (Wildman–Crippen LogP) is -0.742.